The minimum atomic E-state index is 0. The van der Waals surface area contributed by atoms with Crippen LogP contribution in [0.3, 0.4) is 0 Å². The van der Waals surface area contributed by atoms with Gasteiger partial charge in [-0.05, 0) is 142 Å². The summed E-state index contributed by atoms with van der Waals surface area (Å²) >= 11 is 0. The van der Waals surface area contributed by atoms with E-state index < -0.39 is 0 Å². The molecule has 0 aliphatic carbocycles. The average molecular weight is 1030 g/mol. The van der Waals surface area contributed by atoms with Gasteiger partial charge >= 0.3 is 0 Å². The molecule has 0 spiro atoms. The van der Waals surface area contributed by atoms with E-state index >= 15 is 0 Å². The van der Waals surface area contributed by atoms with Gasteiger partial charge in [-0.25, -0.2) is 0 Å². The minimum absolute atomic E-state index is 0. The lowest BCUT2D eigenvalue weighted by Crippen LogP contribution is -2.57. The minimum Gasteiger partial charge on any atom is -0.458 e. The summed E-state index contributed by atoms with van der Waals surface area (Å²) in [6.07, 6.45) is 0. The second-order valence-corrected chi connectivity index (χ2v) is 20.0. The molecule has 2 aliphatic rings. The lowest BCUT2D eigenvalue weighted by Gasteiger charge is -2.33. The molecule has 7 heteroatoms. The zero-order chi connectivity index (χ0) is 52.2. The van der Waals surface area contributed by atoms with Gasteiger partial charge in [-0.1, -0.05) is 177 Å². The fourth-order valence-electron chi connectivity index (χ4n) is 11.7. The molecule has 2 aliphatic heterocycles. The number of ether oxygens (including phenoxy) is 4. The molecule has 0 atom stereocenters. The Balaban J connectivity index is 0.000000142. The van der Waals surface area contributed by atoms with Crippen molar-refractivity contribution in [1.29, 1.82) is 0 Å². The van der Waals surface area contributed by atoms with Crippen molar-refractivity contribution in [1.82, 2.24) is 9.13 Å². The third-order valence-electron chi connectivity index (χ3n) is 15.2. The quantitative estimate of drug-likeness (QED) is 0.142. The molecule has 80 heavy (non-hydrogen) atoms. The van der Waals surface area contributed by atoms with Gasteiger partial charge in [0.15, 0.2) is 0 Å². The molecule has 0 N–H and O–H groups in total. The summed E-state index contributed by atoms with van der Waals surface area (Å²) in [7, 11) is 0. The van der Waals surface area contributed by atoms with Gasteiger partial charge in [0.25, 0.3) is 6.71 Å². The number of rotatable bonds is 8. The van der Waals surface area contributed by atoms with E-state index in [-0.39, 0.29) is 14.1 Å². The van der Waals surface area contributed by atoms with E-state index in [1.807, 2.05) is 78.9 Å². The molecule has 2 aromatic heterocycles. The number of hydrogen-bond acceptors (Lipinski definition) is 4. The third-order valence-corrected chi connectivity index (χ3v) is 15.2. The van der Waals surface area contributed by atoms with Gasteiger partial charge in [0.2, 0.25) is 0 Å². The lowest BCUT2D eigenvalue weighted by atomic mass is 9.35. The first-order valence-electron chi connectivity index (χ1n) is 26.7. The largest absolute Gasteiger partial charge is 0.458 e. The van der Waals surface area contributed by atoms with Gasteiger partial charge in [-0.2, -0.15) is 0 Å². The highest BCUT2D eigenvalue weighted by molar-refractivity contribution is 6.98. The maximum atomic E-state index is 6.50. The molecular weight excluding hydrogens is 980 g/mol. The summed E-state index contributed by atoms with van der Waals surface area (Å²) in [6.45, 7) is 0.0895. The van der Waals surface area contributed by atoms with E-state index in [1.165, 1.54) is 54.5 Å². The summed E-state index contributed by atoms with van der Waals surface area (Å²) in [4.78, 5) is 0. The smallest absolute Gasteiger partial charge is 0.260 e. The van der Waals surface area contributed by atoms with Gasteiger partial charge < -0.3 is 28.1 Å². The molecule has 14 aromatic rings. The van der Waals surface area contributed by atoms with Gasteiger partial charge in [0.05, 0.1) is 22.1 Å². The molecule has 16 rings (SSSR count). The van der Waals surface area contributed by atoms with Crippen molar-refractivity contribution in [2.75, 3.05) is 0 Å². The number of aromatic nitrogens is 2. The summed E-state index contributed by atoms with van der Waals surface area (Å²) in [5.74, 6) is 6.52. The molecule has 0 unspecified atom stereocenters. The van der Waals surface area contributed by atoms with Gasteiger partial charge in [-0.3, -0.25) is 0 Å². The fraction of sp³-hybridized carbons (Fsp3) is 0.0137. The molecule has 0 amide bonds. The van der Waals surface area contributed by atoms with Crippen molar-refractivity contribution in [2.24, 2.45) is 0 Å². The lowest BCUT2D eigenvalue weighted by molar-refractivity contribution is 0.460. The van der Waals surface area contributed by atoms with E-state index in [1.54, 1.807) is 0 Å². The average Bonchev–Trinajstić information content (AvgIpc) is 4.04. The van der Waals surface area contributed by atoms with Crippen LogP contribution in [0.4, 0.5) is 0 Å². The van der Waals surface area contributed by atoms with Crippen molar-refractivity contribution in [2.45, 2.75) is 7.43 Å². The number of nitrogens with zero attached hydrogens (tertiary/aromatic N) is 2. The Kier molecular flexibility index (Phi) is 12.1. The second-order valence-electron chi connectivity index (χ2n) is 20.0. The van der Waals surface area contributed by atoms with Crippen molar-refractivity contribution in [3.05, 3.63) is 285 Å². The standard InChI is InChI=1S/C36H22BNO2.C36H25NO2.CH4/c1-5-13-30-26(9-1)27-10-2-6-14-31(27)38(30)25-19-17-23(18-20-25)24-21-34-36-35(22-24)40-33-16-8-4-12-29(33)37(36)28-11-3-7-15-32(28)39-34;1-3-11-29(12-4-1)38-31-23-27(24-32(25-31)39-30-13-5-2-6-14-30)26-19-21-28(22-20-26)37-35-17-9-7-15-33(35)34-16-8-10-18-36(34)37;/h1-22H;1-25H;1H4. The van der Waals surface area contributed by atoms with Gasteiger partial charge in [-0.15, -0.1) is 0 Å². The van der Waals surface area contributed by atoms with Crippen molar-refractivity contribution in [3.63, 3.8) is 0 Å². The summed E-state index contributed by atoms with van der Waals surface area (Å²) in [5, 5.41) is 5.04. The molecule has 12 aromatic carbocycles. The molecule has 0 bridgehead atoms. The zero-order valence-corrected chi connectivity index (χ0v) is 42.7. The summed E-state index contributed by atoms with van der Waals surface area (Å²) < 4.78 is 30.1. The Morgan fingerprint density at radius 1 is 0.275 bits per heavy atom. The van der Waals surface area contributed by atoms with Crippen LogP contribution in [0, 0.1) is 0 Å². The van der Waals surface area contributed by atoms with Crippen LogP contribution in [0.1, 0.15) is 7.43 Å². The first-order valence-corrected chi connectivity index (χ1v) is 26.7. The molecule has 380 valence electrons. The first-order chi connectivity index (χ1) is 39.1. The van der Waals surface area contributed by atoms with E-state index in [2.05, 4.69) is 215 Å². The van der Waals surface area contributed by atoms with Gasteiger partial charge in [0.1, 0.15) is 46.0 Å². The van der Waals surface area contributed by atoms with E-state index in [9.17, 15) is 0 Å². The first kappa shape index (κ1) is 47.9. The molecule has 0 saturated heterocycles. The predicted octanol–water partition coefficient (Wildman–Crippen LogP) is 17.8. The molecular formula is C73H51BN2O4. The number of benzene rings is 12. The van der Waals surface area contributed by atoms with E-state index in [0.29, 0.717) is 0 Å². The molecule has 6 nitrogen and oxygen atoms in total. The molecule has 4 heterocycles. The Morgan fingerprint density at radius 2 is 0.613 bits per heavy atom. The Hall–Kier alpha value is -10.5. The fourth-order valence-corrected chi connectivity index (χ4v) is 11.7. The maximum Gasteiger partial charge on any atom is 0.260 e. The normalized spacial score (nSPS) is 11.8. The van der Waals surface area contributed by atoms with Crippen LogP contribution in [0.2, 0.25) is 0 Å². The van der Waals surface area contributed by atoms with Crippen LogP contribution in [0.15, 0.2) is 285 Å². The molecule has 0 fully saturated rings. The van der Waals surface area contributed by atoms with Crippen molar-refractivity contribution in [3.8, 4) is 79.6 Å². The van der Waals surface area contributed by atoms with Crippen LogP contribution in [0.5, 0.6) is 46.0 Å². The Labute approximate surface area is 464 Å². The second kappa shape index (κ2) is 20.1. The zero-order valence-electron chi connectivity index (χ0n) is 42.7. The number of hydrogen-bond donors (Lipinski definition) is 0. The SMILES string of the molecule is C.c1ccc(Oc2cc(Oc3ccccc3)cc(-c3ccc(-n4c5ccccc5c5ccccc54)cc3)c2)cc1.c1ccc2c(c1)Oc1cc(-c3ccc(-n4c5ccccc5c5ccccc54)cc3)cc3c1B2c1ccccc1O3. The third kappa shape index (κ3) is 8.49. The Morgan fingerprint density at radius 3 is 1.01 bits per heavy atom. The number of para-hydroxylation sites is 8. The highest BCUT2D eigenvalue weighted by atomic mass is 16.5. The topological polar surface area (TPSA) is 46.8 Å². The molecule has 0 saturated carbocycles. The van der Waals surface area contributed by atoms with Crippen LogP contribution in [-0.4, -0.2) is 15.8 Å². The van der Waals surface area contributed by atoms with E-state index in [0.717, 1.165) is 85.1 Å². The van der Waals surface area contributed by atoms with Crippen LogP contribution >= 0.6 is 0 Å². The Bertz CT molecular complexity index is 4370. The summed E-state index contributed by atoms with van der Waals surface area (Å²) in [5.41, 5.74) is 14.8. The predicted molar refractivity (Wildman–Crippen MR) is 330 cm³/mol. The summed E-state index contributed by atoms with van der Waals surface area (Å²) in [6, 6.07) is 98.5. The highest BCUT2D eigenvalue weighted by Crippen LogP contribution is 2.41. The number of fused-ring (bicyclic) bond motifs is 10. The van der Waals surface area contributed by atoms with Crippen LogP contribution in [-0.2, 0) is 0 Å². The highest BCUT2D eigenvalue weighted by Gasteiger charge is 2.40. The van der Waals surface area contributed by atoms with Crippen LogP contribution < -0.4 is 35.3 Å². The van der Waals surface area contributed by atoms with Crippen molar-refractivity contribution >= 4 is 66.7 Å². The van der Waals surface area contributed by atoms with Gasteiger partial charge in [0, 0.05) is 44.4 Å². The van der Waals surface area contributed by atoms with E-state index in [4.69, 9.17) is 18.9 Å². The molecule has 0 radical (unpaired) electrons. The van der Waals surface area contributed by atoms with Crippen molar-refractivity contribution < 1.29 is 18.9 Å². The van der Waals surface area contributed by atoms with Crippen LogP contribution in [0.25, 0.3) is 77.2 Å². The monoisotopic (exact) mass is 1030 g/mol. The maximum absolute atomic E-state index is 6.50.